The molecule has 1 aromatic heterocycles. The molecule has 0 aliphatic heterocycles. The molecule has 0 amide bonds. The van der Waals surface area contributed by atoms with E-state index < -0.39 is 23.1 Å². The molecule has 0 aliphatic carbocycles. The molecular weight excluding hydrogens is 608 g/mol. The van der Waals surface area contributed by atoms with E-state index in [1.807, 2.05) is 47.7 Å². The number of carbonyl (C=O) groups is 1. The standard InChI is InChI=1S/C37H52F4N4O2/c1-10-11-12-33(47-25(5)15-16-43-18-17-42-9)32(22-46)36(45-21-29-14-13-24(4)44-20-29)35(38)28(8)31-19-30(23(2)3)26(6)27(7)34(31)37(39,40)41/h13-14,19-20,22-23,25,42-43,45H,8,10-12,15-18,21H2,1-7,9H3/b33-32+,36-35-. The minimum atomic E-state index is -4.76. The first kappa shape index (κ1) is 39.7. The second-order valence-electron chi connectivity index (χ2n) is 12.2. The number of alkyl halides is 3. The number of carbonyl (C=O) groups excluding carboxylic acids is 1. The molecule has 47 heavy (non-hydrogen) atoms. The summed E-state index contributed by atoms with van der Waals surface area (Å²) in [7, 11) is 1.87. The molecule has 10 heteroatoms. The normalized spacial score (nSPS) is 13.6. The van der Waals surface area contributed by atoms with E-state index in [0.717, 1.165) is 25.2 Å². The lowest BCUT2D eigenvalue weighted by atomic mass is 9.85. The van der Waals surface area contributed by atoms with Crippen molar-refractivity contribution in [2.75, 3.05) is 26.7 Å². The number of ether oxygens (including phenoxy) is 1. The second-order valence-corrected chi connectivity index (χ2v) is 12.2. The van der Waals surface area contributed by atoms with Crippen LogP contribution >= 0.6 is 0 Å². The van der Waals surface area contributed by atoms with Gasteiger partial charge in [-0.3, -0.25) is 9.78 Å². The van der Waals surface area contributed by atoms with Crippen molar-refractivity contribution in [2.24, 2.45) is 0 Å². The Hall–Kier alpha value is -3.50. The Morgan fingerprint density at radius 2 is 1.79 bits per heavy atom. The van der Waals surface area contributed by atoms with Crippen molar-refractivity contribution in [3.05, 3.63) is 92.9 Å². The van der Waals surface area contributed by atoms with Crippen molar-refractivity contribution in [3.8, 4) is 0 Å². The highest BCUT2D eigenvalue weighted by molar-refractivity contribution is 5.87. The number of unbranched alkanes of at least 4 members (excludes halogenated alkanes) is 1. The number of halogens is 4. The average molecular weight is 661 g/mol. The van der Waals surface area contributed by atoms with Crippen molar-refractivity contribution in [1.82, 2.24) is 20.9 Å². The number of nitrogens with one attached hydrogen (secondary N) is 3. The highest BCUT2D eigenvalue weighted by atomic mass is 19.4. The van der Waals surface area contributed by atoms with Crippen LogP contribution in [-0.4, -0.2) is 44.1 Å². The number of nitrogens with zero attached hydrogens (tertiary/aromatic N) is 1. The number of aryl methyl sites for hydroxylation is 1. The zero-order valence-electron chi connectivity index (χ0n) is 29.2. The third-order valence-corrected chi connectivity index (χ3v) is 8.16. The van der Waals surface area contributed by atoms with E-state index >= 15 is 4.39 Å². The van der Waals surface area contributed by atoms with Gasteiger partial charge < -0.3 is 20.7 Å². The average Bonchev–Trinajstić information content (AvgIpc) is 3.01. The number of benzene rings is 1. The second kappa shape index (κ2) is 18.7. The molecule has 0 aliphatic rings. The minimum Gasteiger partial charge on any atom is -0.494 e. The van der Waals surface area contributed by atoms with E-state index in [4.69, 9.17) is 4.74 Å². The quantitative estimate of drug-likeness (QED) is 0.0351. The first-order valence-electron chi connectivity index (χ1n) is 16.3. The van der Waals surface area contributed by atoms with E-state index in [0.29, 0.717) is 48.8 Å². The number of allylic oxidation sites excluding steroid dienone is 4. The van der Waals surface area contributed by atoms with Gasteiger partial charge in [0.05, 0.1) is 22.9 Å². The highest BCUT2D eigenvalue weighted by Crippen LogP contribution is 2.43. The summed E-state index contributed by atoms with van der Waals surface area (Å²) in [6, 6.07) is 4.98. The van der Waals surface area contributed by atoms with Gasteiger partial charge in [-0.05, 0) is 100.0 Å². The van der Waals surface area contributed by atoms with Crippen LogP contribution in [0.4, 0.5) is 17.6 Å². The maximum Gasteiger partial charge on any atom is 0.417 e. The number of pyridine rings is 1. The molecular formula is C37H52F4N4O2. The smallest absolute Gasteiger partial charge is 0.417 e. The van der Waals surface area contributed by atoms with Crippen LogP contribution in [0.15, 0.2) is 53.8 Å². The topological polar surface area (TPSA) is 75.3 Å². The molecule has 1 atom stereocenters. The molecule has 1 heterocycles. The van der Waals surface area contributed by atoms with E-state index in [9.17, 15) is 18.0 Å². The van der Waals surface area contributed by atoms with Crippen LogP contribution < -0.4 is 16.0 Å². The van der Waals surface area contributed by atoms with Crippen LogP contribution in [0, 0.1) is 20.8 Å². The summed E-state index contributed by atoms with van der Waals surface area (Å²) in [5.41, 5.74) is 0.524. The zero-order valence-corrected chi connectivity index (χ0v) is 29.2. The molecule has 0 spiro atoms. The number of aldehydes is 1. The molecule has 0 bridgehead atoms. The minimum absolute atomic E-state index is 0.0168. The SMILES string of the molecule is C=C(/C(F)=C(NCc1ccc(C)nc1)\C(C=O)=C(/CCCC)OC(C)CCNCCNC)c1cc(C(C)C)c(C)c(C)c1C(F)(F)F. The monoisotopic (exact) mass is 660 g/mol. The molecule has 0 saturated heterocycles. The van der Waals surface area contributed by atoms with Gasteiger partial charge in [0, 0.05) is 43.5 Å². The Labute approximate surface area is 278 Å². The van der Waals surface area contributed by atoms with E-state index in [2.05, 4.69) is 27.5 Å². The van der Waals surface area contributed by atoms with Gasteiger partial charge in [-0.15, -0.1) is 0 Å². The number of aromatic nitrogens is 1. The number of hydrogen-bond acceptors (Lipinski definition) is 6. The molecule has 6 nitrogen and oxygen atoms in total. The summed E-state index contributed by atoms with van der Waals surface area (Å²) in [5.74, 6) is -0.902. The molecule has 0 saturated carbocycles. The van der Waals surface area contributed by atoms with E-state index in [1.54, 1.807) is 19.2 Å². The highest BCUT2D eigenvalue weighted by Gasteiger charge is 2.38. The fourth-order valence-electron chi connectivity index (χ4n) is 5.30. The molecule has 0 fully saturated rings. The largest absolute Gasteiger partial charge is 0.494 e. The van der Waals surface area contributed by atoms with Crippen LogP contribution in [0.2, 0.25) is 0 Å². The fourth-order valence-corrected chi connectivity index (χ4v) is 5.30. The fraction of sp³-hybridized carbons (Fsp3) is 0.514. The third kappa shape index (κ3) is 11.3. The molecule has 1 aromatic carbocycles. The lowest BCUT2D eigenvalue weighted by molar-refractivity contribution is -0.138. The third-order valence-electron chi connectivity index (χ3n) is 8.16. The molecule has 3 N–H and O–H groups in total. The van der Waals surface area contributed by atoms with Crippen LogP contribution in [0.5, 0.6) is 0 Å². The van der Waals surface area contributed by atoms with Crippen LogP contribution in [0.1, 0.15) is 98.4 Å². The van der Waals surface area contributed by atoms with Crippen LogP contribution in [-0.2, 0) is 22.3 Å². The molecule has 2 aromatic rings. The summed E-state index contributed by atoms with van der Waals surface area (Å²) in [6.45, 7) is 18.6. The molecule has 1 unspecified atom stereocenters. The summed E-state index contributed by atoms with van der Waals surface area (Å²) >= 11 is 0. The summed E-state index contributed by atoms with van der Waals surface area (Å²) in [5, 5.41) is 9.39. The Balaban J connectivity index is 2.78. The van der Waals surface area contributed by atoms with Crippen LogP contribution in [0.3, 0.4) is 0 Å². The Kier molecular flexibility index (Phi) is 15.8. The van der Waals surface area contributed by atoms with Crippen molar-refractivity contribution < 1.29 is 27.1 Å². The first-order valence-corrected chi connectivity index (χ1v) is 16.3. The van der Waals surface area contributed by atoms with Crippen LogP contribution in [0.25, 0.3) is 5.57 Å². The maximum atomic E-state index is 16.9. The maximum absolute atomic E-state index is 16.9. The molecule has 2 rings (SSSR count). The van der Waals surface area contributed by atoms with E-state index in [1.165, 1.54) is 13.0 Å². The van der Waals surface area contributed by atoms with Gasteiger partial charge in [-0.1, -0.05) is 39.8 Å². The summed E-state index contributed by atoms with van der Waals surface area (Å²) in [4.78, 5) is 17.1. The van der Waals surface area contributed by atoms with Gasteiger partial charge in [0.1, 0.15) is 5.76 Å². The van der Waals surface area contributed by atoms with Crippen molar-refractivity contribution in [2.45, 2.75) is 98.9 Å². The Morgan fingerprint density at radius 1 is 1.09 bits per heavy atom. The summed E-state index contributed by atoms with van der Waals surface area (Å²) < 4.78 is 66.9. The molecule has 0 radical (unpaired) electrons. The van der Waals surface area contributed by atoms with Crippen molar-refractivity contribution in [1.29, 1.82) is 0 Å². The first-order chi connectivity index (χ1) is 22.2. The lowest BCUT2D eigenvalue weighted by Gasteiger charge is -2.24. The van der Waals surface area contributed by atoms with Crippen molar-refractivity contribution >= 4 is 11.9 Å². The number of likely N-dealkylation sites (N-methyl/N-ethyl adjacent to an activating group) is 1. The summed E-state index contributed by atoms with van der Waals surface area (Å²) in [6.07, 6.45) is -0.552. The number of rotatable bonds is 19. The van der Waals surface area contributed by atoms with Crippen molar-refractivity contribution in [3.63, 3.8) is 0 Å². The zero-order chi connectivity index (χ0) is 35.3. The Bertz CT molecular complexity index is 1410. The van der Waals surface area contributed by atoms with Gasteiger partial charge in [0.15, 0.2) is 12.1 Å². The predicted molar refractivity (Wildman–Crippen MR) is 183 cm³/mol. The predicted octanol–water partition coefficient (Wildman–Crippen LogP) is 8.38. The van der Waals surface area contributed by atoms with Gasteiger partial charge in [0.2, 0.25) is 0 Å². The van der Waals surface area contributed by atoms with Gasteiger partial charge in [-0.25, -0.2) is 4.39 Å². The Morgan fingerprint density at radius 3 is 2.34 bits per heavy atom. The number of hydrogen-bond donors (Lipinski definition) is 3. The van der Waals surface area contributed by atoms with Gasteiger partial charge in [0.25, 0.3) is 0 Å². The van der Waals surface area contributed by atoms with Gasteiger partial charge in [-0.2, -0.15) is 13.2 Å². The van der Waals surface area contributed by atoms with E-state index in [-0.39, 0.29) is 46.7 Å². The lowest BCUT2D eigenvalue weighted by Crippen LogP contribution is -2.28. The van der Waals surface area contributed by atoms with Gasteiger partial charge >= 0.3 is 6.18 Å². The molecule has 260 valence electrons.